The van der Waals surface area contributed by atoms with Gasteiger partial charge in [0.1, 0.15) is 0 Å². The van der Waals surface area contributed by atoms with E-state index in [1.54, 1.807) is 28.8 Å². The zero-order chi connectivity index (χ0) is 32.3. The summed E-state index contributed by atoms with van der Waals surface area (Å²) in [6.07, 6.45) is 2.60. The van der Waals surface area contributed by atoms with Crippen LogP contribution < -0.4 is 24.8 Å². The van der Waals surface area contributed by atoms with E-state index < -0.39 is 21.3 Å². The van der Waals surface area contributed by atoms with Gasteiger partial charge in [0, 0.05) is 0 Å². The normalized spacial score (nSPS) is 15.7. The molecule has 0 aromatic heterocycles. The smallest absolute Gasteiger partial charge is 1.00 e. The van der Waals surface area contributed by atoms with Gasteiger partial charge in [0.05, 0.1) is 0 Å². The van der Waals surface area contributed by atoms with Crippen molar-refractivity contribution in [3.05, 3.63) is 151 Å². The number of hydrogen-bond acceptors (Lipinski definition) is 0. The van der Waals surface area contributed by atoms with Crippen LogP contribution in [0.5, 0.6) is 0 Å². The molecular formula is C44H50Cl2Zr. The first-order valence-corrected chi connectivity index (χ1v) is 20.7. The summed E-state index contributed by atoms with van der Waals surface area (Å²) in [5.74, 6) is 0.979. The van der Waals surface area contributed by atoms with E-state index in [0.717, 1.165) is 0 Å². The van der Waals surface area contributed by atoms with Crippen molar-refractivity contribution in [1.82, 2.24) is 0 Å². The molecule has 0 fully saturated rings. The van der Waals surface area contributed by atoms with Gasteiger partial charge in [-0.15, -0.1) is 0 Å². The molecule has 1 atom stereocenters. The average Bonchev–Trinajstić information content (AvgIpc) is 3.48. The zero-order valence-electron chi connectivity index (χ0n) is 29.8. The molecule has 0 saturated carbocycles. The molecule has 0 bridgehead atoms. The monoisotopic (exact) mass is 738 g/mol. The number of hydrogen-bond donors (Lipinski definition) is 0. The summed E-state index contributed by atoms with van der Waals surface area (Å²) < 4.78 is 3.80. The summed E-state index contributed by atoms with van der Waals surface area (Å²) in [4.78, 5) is 0. The second-order valence-electron chi connectivity index (χ2n) is 15.7. The maximum absolute atomic E-state index is 2.83. The van der Waals surface area contributed by atoms with Crippen molar-refractivity contribution in [3.8, 4) is 11.1 Å². The number of halogens is 2. The van der Waals surface area contributed by atoms with Gasteiger partial charge in [0.2, 0.25) is 0 Å². The van der Waals surface area contributed by atoms with Gasteiger partial charge in [-0.05, 0) is 0 Å². The van der Waals surface area contributed by atoms with E-state index in [2.05, 4.69) is 172 Å². The molecule has 244 valence electrons. The summed E-state index contributed by atoms with van der Waals surface area (Å²) in [7, 11) is 0. The van der Waals surface area contributed by atoms with Crippen molar-refractivity contribution in [2.75, 3.05) is 0 Å². The maximum Gasteiger partial charge on any atom is -1.00 e. The van der Waals surface area contributed by atoms with Crippen LogP contribution in [-0.2, 0) is 32.1 Å². The van der Waals surface area contributed by atoms with Gasteiger partial charge in [0.25, 0.3) is 0 Å². The summed E-state index contributed by atoms with van der Waals surface area (Å²) in [6.45, 7) is 23.7. The van der Waals surface area contributed by atoms with Gasteiger partial charge in [-0.25, -0.2) is 0 Å². The number of benzene rings is 4. The molecule has 0 aliphatic heterocycles. The molecule has 0 saturated heterocycles. The van der Waals surface area contributed by atoms with E-state index in [0.29, 0.717) is 15.5 Å². The third-order valence-corrected chi connectivity index (χ3v) is 19.2. The standard InChI is InChI=1S/C21H25.C13H10.C10H15.2ClH.Zr/c1-20(2,3)16-9-7-14-11-15-8-10-17(21(4,5)6)13-19(15)18(14)12-16;1-3-7-12(8-4-1)11-13-9-5-2-6-10-13;1-7(2)10-6-8(3)5-9(10)4;;;/h7-13H,1-6H3;1-10H;6-8H,1-4H3;2*1H;/q;;;;;+2/p-2. The first kappa shape index (κ1) is 37.5. The Morgan fingerprint density at radius 3 is 1.43 bits per heavy atom. The summed E-state index contributed by atoms with van der Waals surface area (Å²) in [5.41, 5.74) is 15.0. The first-order chi connectivity index (χ1) is 21.3. The molecule has 0 amide bonds. The molecule has 2 aliphatic carbocycles. The molecule has 47 heavy (non-hydrogen) atoms. The van der Waals surface area contributed by atoms with Crippen molar-refractivity contribution < 1.29 is 46.1 Å². The van der Waals surface area contributed by atoms with Crippen LogP contribution in [0.4, 0.5) is 0 Å². The molecular weight excluding hydrogens is 691 g/mol. The predicted octanol–water partition coefficient (Wildman–Crippen LogP) is 5.75. The molecule has 0 spiro atoms. The topological polar surface area (TPSA) is 0 Å². The summed E-state index contributed by atoms with van der Waals surface area (Å²) in [6, 6.07) is 37.8. The Balaban J connectivity index is 0.00000250. The number of rotatable bonds is 5. The van der Waals surface area contributed by atoms with Crippen LogP contribution in [0.1, 0.15) is 106 Å². The molecule has 4 aromatic carbocycles. The fourth-order valence-corrected chi connectivity index (χ4v) is 17.7. The summed E-state index contributed by atoms with van der Waals surface area (Å²) in [5, 5.41) is 0. The van der Waals surface area contributed by atoms with Gasteiger partial charge in [-0.2, -0.15) is 0 Å². The Kier molecular flexibility index (Phi) is 11.4. The van der Waals surface area contributed by atoms with Crippen LogP contribution in [0, 0.1) is 11.8 Å². The Bertz CT molecular complexity index is 1740. The maximum atomic E-state index is 2.60. The Labute approximate surface area is 304 Å². The molecule has 1 unspecified atom stereocenters. The Morgan fingerprint density at radius 1 is 0.638 bits per heavy atom. The molecule has 2 aliphatic rings. The Morgan fingerprint density at radius 2 is 1.06 bits per heavy atom. The molecule has 6 rings (SSSR count). The van der Waals surface area contributed by atoms with Crippen LogP contribution in [0.2, 0.25) is 0 Å². The van der Waals surface area contributed by atoms with Crippen molar-refractivity contribution in [3.63, 3.8) is 0 Å². The van der Waals surface area contributed by atoms with E-state index in [-0.39, 0.29) is 35.6 Å². The van der Waals surface area contributed by atoms with Crippen molar-refractivity contribution in [2.45, 2.75) is 83.7 Å². The second-order valence-corrected chi connectivity index (χ2v) is 21.7. The average molecular weight is 741 g/mol. The van der Waals surface area contributed by atoms with Crippen LogP contribution >= 0.6 is 0 Å². The minimum absolute atomic E-state index is 0. The molecule has 3 heteroatoms. The largest absolute Gasteiger partial charge is 1.00 e. The van der Waals surface area contributed by atoms with Gasteiger partial charge >= 0.3 is 282 Å². The van der Waals surface area contributed by atoms with Crippen molar-refractivity contribution in [1.29, 1.82) is 0 Å². The minimum Gasteiger partial charge on any atom is -1.00 e. The molecule has 4 aromatic rings. The minimum atomic E-state index is -2.83. The predicted molar refractivity (Wildman–Crippen MR) is 192 cm³/mol. The van der Waals surface area contributed by atoms with E-state index in [4.69, 9.17) is 0 Å². The molecule has 0 radical (unpaired) electrons. The van der Waals surface area contributed by atoms with Gasteiger partial charge in [0.15, 0.2) is 0 Å². The van der Waals surface area contributed by atoms with Gasteiger partial charge in [-0.3, -0.25) is 0 Å². The number of fused-ring (bicyclic) bond motifs is 3. The van der Waals surface area contributed by atoms with E-state index >= 15 is 0 Å². The Hall–Kier alpha value is -2.31. The SMILES string of the molecule is CC1=[C]([Zr+2](=[C](c2ccccc2)c2ccccc2)[CH]2c3ccc(C(C)(C)C)cc3-c3cc(C(C)(C)C)ccc32)C(C)C=C1C(C)C.[Cl-].[Cl-]. The quantitative estimate of drug-likeness (QED) is 0.245. The number of allylic oxidation sites excluding steroid dienone is 4. The third-order valence-electron chi connectivity index (χ3n) is 10.1. The zero-order valence-corrected chi connectivity index (χ0v) is 33.8. The van der Waals surface area contributed by atoms with Crippen LogP contribution in [-0.4, -0.2) is 3.21 Å². The summed E-state index contributed by atoms with van der Waals surface area (Å²) >= 11 is -2.83. The van der Waals surface area contributed by atoms with Gasteiger partial charge in [-0.1, -0.05) is 0 Å². The third kappa shape index (κ3) is 7.06. The van der Waals surface area contributed by atoms with Crippen LogP contribution in [0.3, 0.4) is 0 Å². The van der Waals surface area contributed by atoms with Gasteiger partial charge < -0.3 is 24.8 Å². The fraction of sp³-hybridized carbons (Fsp3) is 0.341. The van der Waals surface area contributed by atoms with Crippen LogP contribution in [0.25, 0.3) is 11.1 Å². The van der Waals surface area contributed by atoms with E-state index in [1.165, 1.54) is 33.4 Å². The first-order valence-electron chi connectivity index (χ1n) is 16.8. The van der Waals surface area contributed by atoms with E-state index in [9.17, 15) is 0 Å². The second kappa shape index (κ2) is 14.3. The molecule has 0 N–H and O–H groups in total. The van der Waals surface area contributed by atoms with Crippen LogP contribution in [0.15, 0.2) is 118 Å². The van der Waals surface area contributed by atoms with Crippen molar-refractivity contribution >= 4 is 3.21 Å². The van der Waals surface area contributed by atoms with E-state index in [1.807, 2.05) is 0 Å². The fourth-order valence-electron chi connectivity index (χ4n) is 7.66. The molecule has 0 heterocycles. The van der Waals surface area contributed by atoms with Crippen molar-refractivity contribution in [2.24, 2.45) is 11.8 Å². The molecule has 0 nitrogen and oxygen atoms in total.